The maximum Gasteiger partial charge on any atom is 0.341 e. The number of carbonyl (C=O) groups is 2. The normalized spacial score (nSPS) is 10.5. The molecule has 0 spiro atoms. The Morgan fingerprint density at radius 3 is 2.47 bits per heavy atom. The average molecular weight is 444 g/mol. The number of carbonyl (C=O) groups excluding carboxylic acids is 2. The van der Waals surface area contributed by atoms with Crippen LogP contribution in [0.5, 0.6) is 5.75 Å². The molecule has 3 aromatic rings. The Kier molecular flexibility index (Phi) is 7.13. The van der Waals surface area contributed by atoms with Crippen LogP contribution in [0.25, 0.3) is 11.1 Å². The number of esters is 1. The molecule has 0 atom stereocenters. The van der Waals surface area contributed by atoms with E-state index >= 15 is 0 Å². The molecule has 0 fully saturated rings. The van der Waals surface area contributed by atoms with Crippen LogP contribution >= 0.6 is 22.9 Å². The summed E-state index contributed by atoms with van der Waals surface area (Å²) in [5, 5.41) is 3.93. The van der Waals surface area contributed by atoms with Gasteiger partial charge in [0.2, 0.25) is 5.91 Å². The Morgan fingerprint density at radius 1 is 1.10 bits per heavy atom. The molecule has 7 heteroatoms. The van der Waals surface area contributed by atoms with Crippen molar-refractivity contribution >= 4 is 39.8 Å². The van der Waals surface area contributed by atoms with E-state index in [4.69, 9.17) is 21.1 Å². The van der Waals surface area contributed by atoms with Gasteiger partial charge in [0.05, 0.1) is 14.2 Å². The first-order valence-corrected chi connectivity index (χ1v) is 10.5. The summed E-state index contributed by atoms with van der Waals surface area (Å²) >= 11 is 7.48. The molecule has 1 amide bonds. The number of anilines is 1. The van der Waals surface area contributed by atoms with E-state index in [2.05, 4.69) is 5.32 Å². The van der Waals surface area contributed by atoms with Crippen LogP contribution in [0.15, 0.2) is 48.5 Å². The minimum atomic E-state index is -0.500. The SMILES string of the molecule is COC(=O)c1c(NC(=O)CCc2ccc(OC)cc2)sc(C)c1-c1cccc(Cl)c1. The first kappa shape index (κ1) is 21.9. The van der Waals surface area contributed by atoms with E-state index in [1.165, 1.54) is 18.4 Å². The van der Waals surface area contributed by atoms with Crippen molar-refractivity contribution in [3.05, 3.63) is 69.6 Å². The summed E-state index contributed by atoms with van der Waals surface area (Å²) in [4.78, 5) is 26.0. The van der Waals surface area contributed by atoms with Gasteiger partial charge < -0.3 is 14.8 Å². The molecular formula is C23H22ClNO4S. The maximum absolute atomic E-state index is 12.6. The molecule has 1 heterocycles. The monoisotopic (exact) mass is 443 g/mol. The van der Waals surface area contributed by atoms with E-state index in [1.807, 2.05) is 43.3 Å². The van der Waals surface area contributed by atoms with Gasteiger partial charge in [-0.25, -0.2) is 4.79 Å². The van der Waals surface area contributed by atoms with Crippen LogP contribution in [0, 0.1) is 6.92 Å². The van der Waals surface area contributed by atoms with Crippen molar-refractivity contribution in [2.75, 3.05) is 19.5 Å². The fourth-order valence-corrected chi connectivity index (χ4v) is 4.43. The predicted molar refractivity (Wildman–Crippen MR) is 121 cm³/mol. The van der Waals surface area contributed by atoms with Crippen LogP contribution in [0.4, 0.5) is 5.00 Å². The number of hydrogen-bond donors (Lipinski definition) is 1. The minimum absolute atomic E-state index is 0.171. The van der Waals surface area contributed by atoms with Gasteiger partial charge in [0, 0.05) is 21.9 Å². The molecule has 156 valence electrons. The number of thiophene rings is 1. The number of methoxy groups -OCH3 is 2. The summed E-state index contributed by atoms with van der Waals surface area (Å²) in [6.07, 6.45) is 0.866. The van der Waals surface area contributed by atoms with Gasteiger partial charge in [0.25, 0.3) is 0 Å². The van der Waals surface area contributed by atoms with E-state index in [0.29, 0.717) is 22.0 Å². The second-order valence-corrected chi connectivity index (χ2v) is 8.30. The molecule has 0 saturated carbocycles. The first-order chi connectivity index (χ1) is 14.4. The Morgan fingerprint density at radius 2 is 1.83 bits per heavy atom. The Labute approximate surface area is 184 Å². The summed E-state index contributed by atoms with van der Waals surface area (Å²) in [5.74, 6) is 0.100. The van der Waals surface area contributed by atoms with Crippen molar-refractivity contribution in [3.63, 3.8) is 0 Å². The van der Waals surface area contributed by atoms with Crippen molar-refractivity contribution in [3.8, 4) is 16.9 Å². The Hall–Kier alpha value is -2.83. The Balaban J connectivity index is 1.81. The highest BCUT2D eigenvalue weighted by atomic mass is 35.5. The quantitative estimate of drug-likeness (QED) is 0.472. The van der Waals surface area contributed by atoms with Gasteiger partial charge >= 0.3 is 5.97 Å². The molecule has 1 N–H and O–H groups in total. The third-order valence-corrected chi connectivity index (χ3v) is 5.90. The lowest BCUT2D eigenvalue weighted by atomic mass is 10.0. The molecule has 2 aromatic carbocycles. The molecule has 0 unspecified atom stereocenters. The molecule has 0 aliphatic rings. The standard InChI is InChI=1S/C23H22ClNO4S/c1-14-20(16-5-4-6-17(24)13-16)21(23(27)29-3)22(30-14)25-19(26)12-9-15-7-10-18(28-2)11-8-15/h4-8,10-11,13H,9,12H2,1-3H3,(H,25,26). The fraction of sp³-hybridized carbons (Fsp3) is 0.217. The average Bonchev–Trinajstić information content (AvgIpc) is 3.07. The molecule has 1 aromatic heterocycles. The zero-order valence-corrected chi connectivity index (χ0v) is 18.5. The van der Waals surface area contributed by atoms with Crippen molar-refractivity contribution < 1.29 is 19.1 Å². The lowest BCUT2D eigenvalue weighted by Crippen LogP contribution is -2.14. The highest BCUT2D eigenvalue weighted by Gasteiger charge is 2.25. The minimum Gasteiger partial charge on any atom is -0.497 e. The lowest BCUT2D eigenvalue weighted by Gasteiger charge is -2.09. The fourth-order valence-electron chi connectivity index (χ4n) is 3.16. The molecule has 0 radical (unpaired) electrons. The summed E-state index contributed by atoms with van der Waals surface area (Å²) in [7, 11) is 2.94. The zero-order valence-electron chi connectivity index (χ0n) is 17.0. The van der Waals surface area contributed by atoms with Crippen molar-refractivity contribution in [2.45, 2.75) is 19.8 Å². The largest absolute Gasteiger partial charge is 0.497 e. The summed E-state index contributed by atoms with van der Waals surface area (Å²) in [6, 6.07) is 14.8. The van der Waals surface area contributed by atoms with Crippen LogP contribution in [0.3, 0.4) is 0 Å². The number of amides is 1. The smallest absolute Gasteiger partial charge is 0.341 e. The highest BCUT2D eigenvalue weighted by molar-refractivity contribution is 7.17. The van der Waals surface area contributed by atoms with E-state index < -0.39 is 5.97 Å². The second-order valence-electron chi connectivity index (χ2n) is 6.64. The third kappa shape index (κ3) is 5.01. The van der Waals surface area contributed by atoms with Crippen LogP contribution in [0.1, 0.15) is 27.2 Å². The van der Waals surface area contributed by atoms with Crippen molar-refractivity contribution in [1.29, 1.82) is 0 Å². The van der Waals surface area contributed by atoms with E-state index in [1.54, 1.807) is 19.2 Å². The number of ether oxygens (including phenoxy) is 2. The van der Waals surface area contributed by atoms with Crippen LogP contribution in [-0.2, 0) is 16.0 Å². The van der Waals surface area contributed by atoms with Gasteiger partial charge in [-0.15, -0.1) is 11.3 Å². The summed E-state index contributed by atoms with van der Waals surface area (Å²) in [6.45, 7) is 1.90. The molecule has 0 aliphatic heterocycles. The van der Waals surface area contributed by atoms with Gasteiger partial charge in [-0.3, -0.25) is 4.79 Å². The van der Waals surface area contributed by atoms with Crippen molar-refractivity contribution in [1.82, 2.24) is 0 Å². The number of aryl methyl sites for hydroxylation is 2. The number of nitrogens with one attached hydrogen (secondary N) is 1. The van der Waals surface area contributed by atoms with Gasteiger partial charge in [0.15, 0.2) is 0 Å². The maximum atomic E-state index is 12.6. The van der Waals surface area contributed by atoms with Gasteiger partial charge in [-0.1, -0.05) is 35.9 Å². The van der Waals surface area contributed by atoms with Gasteiger partial charge in [-0.2, -0.15) is 0 Å². The highest BCUT2D eigenvalue weighted by Crippen LogP contribution is 2.41. The molecule has 3 rings (SSSR count). The number of rotatable bonds is 7. The van der Waals surface area contributed by atoms with Crippen LogP contribution in [-0.4, -0.2) is 26.1 Å². The molecule has 0 bridgehead atoms. The molecule has 0 aliphatic carbocycles. The molecule has 5 nitrogen and oxygen atoms in total. The second kappa shape index (κ2) is 9.78. The van der Waals surface area contributed by atoms with E-state index in [-0.39, 0.29) is 12.3 Å². The molecule has 0 saturated heterocycles. The lowest BCUT2D eigenvalue weighted by molar-refractivity contribution is -0.116. The van der Waals surface area contributed by atoms with Crippen LogP contribution < -0.4 is 10.1 Å². The topological polar surface area (TPSA) is 64.6 Å². The van der Waals surface area contributed by atoms with Gasteiger partial charge in [0.1, 0.15) is 16.3 Å². The van der Waals surface area contributed by atoms with Crippen molar-refractivity contribution in [2.24, 2.45) is 0 Å². The summed E-state index contributed by atoms with van der Waals surface area (Å²) in [5.41, 5.74) is 2.90. The number of hydrogen-bond acceptors (Lipinski definition) is 5. The first-order valence-electron chi connectivity index (χ1n) is 9.33. The Bertz CT molecular complexity index is 1060. The summed E-state index contributed by atoms with van der Waals surface area (Å²) < 4.78 is 10.1. The molecular weight excluding hydrogens is 422 g/mol. The van der Waals surface area contributed by atoms with E-state index in [9.17, 15) is 9.59 Å². The third-order valence-electron chi connectivity index (χ3n) is 4.64. The zero-order chi connectivity index (χ0) is 21.7. The molecule has 30 heavy (non-hydrogen) atoms. The van der Waals surface area contributed by atoms with E-state index in [0.717, 1.165) is 27.3 Å². The van der Waals surface area contributed by atoms with Gasteiger partial charge in [-0.05, 0) is 48.7 Å². The predicted octanol–water partition coefficient (Wildman–Crippen LogP) is 5.74. The van der Waals surface area contributed by atoms with Crippen LogP contribution in [0.2, 0.25) is 5.02 Å². The number of benzene rings is 2. The number of halogens is 1.